The minimum atomic E-state index is -0.133. The van der Waals surface area contributed by atoms with E-state index in [2.05, 4.69) is 10.1 Å². The molecule has 1 aromatic heterocycles. The van der Waals surface area contributed by atoms with E-state index in [1.54, 1.807) is 41.8 Å². The molecule has 3 N–H and O–H groups in total. The van der Waals surface area contributed by atoms with Crippen LogP contribution < -0.4 is 5.56 Å². The minimum Gasteiger partial charge on any atom is -0.412 e. The lowest BCUT2D eigenvalue weighted by Gasteiger charge is -1.98. The number of aromatic nitrogens is 3. The molecule has 0 aliphatic carbocycles. The summed E-state index contributed by atoms with van der Waals surface area (Å²) in [6.45, 7) is 0. The lowest BCUT2D eigenvalue weighted by Crippen LogP contribution is -2.14. The Morgan fingerprint density at radius 1 is 1.19 bits per heavy atom. The molecule has 0 unspecified atom stereocenters. The third kappa shape index (κ3) is 2.04. The third-order valence-electron chi connectivity index (χ3n) is 3.22. The number of pyridine rings is 1. The molecule has 0 atom stereocenters. The molecule has 3 heterocycles. The monoisotopic (exact) mass is 319 g/mol. The predicted molar refractivity (Wildman–Crippen MR) is 84.8 cm³/mol. The molecule has 0 radical (unpaired) electrons. The van der Waals surface area contributed by atoms with Gasteiger partial charge in [0.1, 0.15) is 10.5 Å². The van der Waals surface area contributed by atoms with Crippen LogP contribution in [0, 0.1) is 0 Å². The van der Waals surface area contributed by atoms with Gasteiger partial charge in [0, 0.05) is 16.6 Å². The van der Waals surface area contributed by atoms with Crippen molar-refractivity contribution in [1.82, 2.24) is 14.8 Å². The highest BCUT2D eigenvalue weighted by Crippen LogP contribution is 2.29. The number of rotatable bonds is 1. The maximum atomic E-state index is 12.4. The fourth-order valence-electron chi connectivity index (χ4n) is 2.25. The summed E-state index contributed by atoms with van der Waals surface area (Å²) in [6, 6.07) is 9.02. The highest BCUT2D eigenvalue weighted by Gasteiger charge is 2.19. The van der Waals surface area contributed by atoms with Crippen molar-refractivity contribution in [2.24, 2.45) is 0 Å². The highest BCUT2D eigenvalue weighted by atomic mass is 35.5. The van der Waals surface area contributed by atoms with E-state index in [0.717, 1.165) is 15.9 Å². The van der Waals surface area contributed by atoms with Crippen LogP contribution >= 0.6 is 22.9 Å². The Hall–Kier alpha value is -2.15. The number of hydrogen-bond donors (Lipinski definition) is 1. The van der Waals surface area contributed by atoms with Gasteiger partial charge in [0.15, 0.2) is 0 Å². The van der Waals surface area contributed by atoms with Gasteiger partial charge >= 0.3 is 0 Å². The lowest BCUT2D eigenvalue weighted by molar-refractivity contribution is 0.824. The fourth-order valence-corrected chi connectivity index (χ4v) is 3.13. The van der Waals surface area contributed by atoms with Gasteiger partial charge in [0.2, 0.25) is 0 Å². The molecule has 21 heavy (non-hydrogen) atoms. The summed E-state index contributed by atoms with van der Waals surface area (Å²) in [5, 5.41) is 8.04. The van der Waals surface area contributed by atoms with Gasteiger partial charge in [-0.05, 0) is 35.7 Å². The van der Waals surface area contributed by atoms with Crippen molar-refractivity contribution in [2.75, 3.05) is 0 Å². The first kappa shape index (κ1) is 13.8. The van der Waals surface area contributed by atoms with Crippen LogP contribution in [0.15, 0.2) is 46.7 Å². The first-order valence-electron chi connectivity index (χ1n) is 5.97. The molecular weight excluding hydrogens is 310 g/mol. The molecule has 5 nitrogen and oxygen atoms in total. The van der Waals surface area contributed by atoms with E-state index in [0.29, 0.717) is 16.3 Å². The Labute approximate surface area is 128 Å². The van der Waals surface area contributed by atoms with Crippen molar-refractivity contribution in [3.63, 3.8) is 0 Å². The Morgan fingerprint density at radius 2 is 1.95 bits per heavy atom. The molecule has 0 amide bonds. The van der Waals surface area contributed by atoms with Crippen LogP contribution in [0.25, 0.3) is 27.2 Å². The zero-order valence-electron chi connectivity index (χ0n) is 10.6. The smallest absolute Gasteiger partial charge is 0.282 e. The van der Waals surface area contributed by atoms with Crippen molar-refractivity contribution in [2.45, 2.75) is 0 Å². The fraction of sp³-hybridized carbons (Fsp3) is 0. The zero-order valence-corrected chi connectivity index (χ0v) is 12.2. The van der Waals surface area contributed by atoms with Gasteiger partial charge in [0.05, 0.1) is 11.3 Å². The molecule has 0 bridgehead atoms. The molecule has 0 spiro atoms. The molecule has 106 valence electrons. The molecule has 0 saturated heterocycles. The summed E-state index contributed by atoms with van der Waals surface area (Å²) in [7, 11) is 0. The number of hydrogen-bond acceptors (Lipinski definition) is 3. The first-order valence-corrected chi connectivity index (χ1v) is 7.23. The molecule has 2 aliphatic rings. The van der Waals surface area contributed by atoms with Crippen molar-refractivity contribution in [1.29, 1.82) is 0 Å². The number of H-pyrrole nitrogens is 1. The summed E-state index contributed by atoms with van der Waals surface area (Å²) in [4.78, 5) is 16.6. The summed E-state index contributed by atoms with van der Waals surface area (Å²) in [5.41, 5.74) is 1.89. The second-order valence-corrected chi connectivity index (χ2v) is 5.76. The van der Waals surface area contributed by atoms with Crippen molar-refractivity contribution in [3.05, 3.63) is 57.3 Å². The van der Waals surface area contributed by atoms with E-state index in [1.807, 2.05) is 11.4 Å². The molecule has 4 rings (SSSR count). The van der Waals surface area contributed by atoms with E-state index < -0.39 is 0 Å². The summed E-state index contributed by atoms with van der Waals surface area (Å²) in [5.74, 6) is 0. The normalized spacial score (nSPS) is 10.9. The van der Waals surface area contributed by atoms with E-state index in [9.17, 15) is 4.79 Å². The van der Waals surface area contributed by atoms with E-state index >= 15 is 0 Å². The van der Waals surface area contributed by atoms with Gasteiger partial charge in [0.25, 0.3) is 5.56 Å². The number of fused-ring (bicyclic) bond motifs is 3. The van der Waals surface area contributed by atoms with Crippen LogP contribution in [0.3, 0.4) is 0 Å². The Bertz CT molecular complexity index is 939. The summed E-state index contributed by atoms with van der Waals surface area (Å²) in [6.07, 6.45) is 1.72. The number of halogens is 1. The molecule has 2 aromatic rings. The largest absolute Gasteiger partial charge is 0.412 e. The third-order valence-corrected chi connectivity index (χ3v) is 4.31. The maximum Gasteiger partial charge on any atom is 0.282 e. The van der Waals surface area contributed by atoms with Gasteiger partial charge in [-0.1, -0.05) is 11.6 Å². The van der Waals surface area contributed by atoms with Gasteiger partial charge < -0.3 is 10.5 Å². The summed E-state index contributed by atoms with van der Waals surface area (Å²) < 4.78 is 1.41. The van der Waals surface area contributed by atoms with Gasteiger partial charge in [-0.2, -0.15) is 9.78 Å². The lowest BCUT2D eigenvalue weighted by atomic mass is 10.2. The minimum absolute atomic E-state index is 0. The number of nitrogens with zero attached hydrogens (tertiary/aromatic N) is 2. The van der Waals surface area contributed by atoms with Crippen LogP contribution in [0.1, 0.15) is 0 Å². The highest BCUT2D eigenvalue weighted by molar-refractivity contribution is 7.16. The predicted octanol–water partition coefficient (Wildman–Crippen LogP) is 2.71. The van der Waals surface area contributed by atoms with Gasteiger partial charge in [-0.15, -0.1) is 11.3 Å². The Morgan fingerprint density at radius 3 is 2.71 bits per heavy atom. The average molecular weight is 320 g/mol. The van der Waals surface area contributed by atoms with Crippen molar-refractivity contribution < 1.29 is 5.48 Å². The number of nitrogens with one attached hydrogen (secondary N) is 1. The summed E-state index contributed by atoms with van der Waals surface area (Å²) >= 11 is 7.46. The van der Waals surface area contributed by atoms with Gasteiger partial charge in [-0.25, -0.2) is 0 Å². The number of thiophene rings is 1. The van der Waals surface area contributed by atoms with Gasteiger partial charge in [-0.3, -0.25) is 4.79 Å². The van der Waals surface area contributed by atoms with Crippen LogP contribution in [-0.4, -0.2) is 20.2 Å². The van der Waals surface area contributed by atoms with Crippen LogP contribution in [0.4, 0.5) is 0 Å². The zero-order chi connectivity index (χ0) is 13.7. The quantitative estimate of drug-likeness (QED) is 0.585. The van der Waals surface area contributed by atoms with Crippen LogP contribution in [0.5, 0.6) is 0 Å². The molecule has 0 fully saturated rings. The molecule has 1 aromatic carbocycles. The number of benzene rings is 1. The number of aromatic amines is 1. The average Bonchev–Trinajstić information content (AvgIpc) is 3.04. The second kappa shape index (κ2) is 5.00. The maximum absolute atomic E-state index is 12.4. The molecule has 0 saturated carbocycles. The molecular formula is C14H10ClN3O2S. The SMILES string of the molecule is O.O=c1c2c[nH]c3sccc3c-2nn1-c1ccc(Cl)cc1. The van der Waals surface area contributed by atoms with Crippen LogP contribution in [-0.2, 0) is 0 Å². The Kier molecular flexibility index (Phi) is 3.29. The molecule has 2 aliphatic heterocycles. The van der Waals surface area contributed by atoms with E-state index in [4.69, 9.17) is 11.6 Å². The van der Waals surface area contributed by atoms with Crippen molar-refractivity contribution in [3.8, 4) is 16.9 Å². The molecule has 7 heteroatoms. The second-order valence-electron chi connectivity index (χ2n) is 4.41. The Balaban J connectivity index is 0.00000132. The standard InChI is InChI=1S/C14H8ClN3OS.H2O/c15-8-1-3-9(4-2-8)18-14(19)11-7-16-13-10(5-6-20-13)12(11)17-18;/h1-7,16H;1H2. The van der Waals surface area contributed by atoms with Crippen LogP contribution in [0.2, 0.25) is 5.02 Å². The van der Waals surface area contributed by atoms with Crippen molar-refractivity contribution >= 4 is 33.2 Å². The van der Waals surface area contributed by atoms with E-state index in [1.165, 1.54) is 4.68 Å². The first-order chi connectivity index (χ1) is 9.74. The topological polar surface area (TPSA) is 82.2 Å². The van der Waals surface area contributed by atoms with E-state index in [-0.39, 0.29) is 11.0 Å².